The van der Waals surface area contributed by atoms with Crippen LogP contribution in [0.4, 0.5) is 5.13 Å². The number of benzene rings is 1. The molecule has 1 aliphatic carbocycles. The lowest BCUT2D eigenvalue weighted by atomic mass is 10.1. The minimum absolute atomic E-state index is 0.0437. The third-order valence-electron chi connectivity index (χ3n) is 3.10. The average Bonchev–Trinajstić information content (AvgIpc) is 3.03. The van der Waals surface area contributed by atoms with E-state index < -0.39 is 0 Å². The first-order valence-corrected chi connectivity index (χ1v) is 7.31. The largest absolute Gasteiger partial charge is 0.300 e. The van der Waals surface area contributed by atoms with Crippen LogP contribution in [-0.2, 0) is 4.79 Å². The molecule has 1 heterocycles. The van der Waals surface area contributed by atoms with Crippen molar-refractivity contribution in [2.45, 2.75) is 12.3 Å². The summed E-state index contributed by atoms with van der Waals surface area (Å²) in [7, 11) is 0. The molecule has 4 nitrogen and oxygen atoms in total. The summed E-state index contributed by atoms with van der Waals surface area (Å²) in [5.74, 6) is 0.0248. The molecule has 1 aromatic carbocycles. The van der Waals surface area contributed by atoms with Gasteiger partial charge in [-0.3, -0.25) is 4.79 Å². The molecule has 1 amide bonds. The number of hydrogen-bond donors (Lipinski definition) is 1. The van der Waals surface area contributed by atoms with Gasteiger partial charge >= 0.3 is 0 Å². The van der Waals surface area contributed by atoms with Gasteiger partial charge in [-0.25, -0.2) is 0 Å². The summed E-state index contributed by atoms with van der Waals surface area (Å²) in [6.45, 7) is 0. The topological polar surface area (TPSA) is 54.9 Å². The van der Waals surface area contributed by atoms with E-state index in [0.717, 1.165) is 12.0 Å². The molecule has 0 bridgehead atoms. The molecule has 1 aromatic heterocycles. The van der Waals surface area contributed by atoms with Crippen LogP contribution in [0.1, 0.15) is 17.9 Å². The molecule has 0 unspecified atom stereocenters. The van der Waals surface area contributed by atoms with Gasteiger partial charge in [0.05, 0.1) is 10.0 Å². The molecule has 19 heavy (non-hydrogen) atoms. The molecule has 98 valence electrons. The van der Waals surface area contributed by atoms with E-state index in [1.54, 1.807) is 11.6 Å². The van der Waals surface area contributed by atoms with Crippen LogP contribution < -0.4 is 5.32 Å². The zero-order valence-corrected chi connectivity index (χ0v) is 12.0. The zero-order chi connectivity index (χ0) is 13.4. The molecular formula is C12H9Cl2N3OS. The lowest BCUT2D eigenvalue weighted by Gasteiger charge is -2.05. The Morgan fingerprint density at radius 2 is 2.26 bits per heavy atom. The fraction of sp³-hybridized carbons (Fsp3) is 0.250. The highest BCUT2D eigenvalue weighted by molar-refractivity contribution is 7.13. The van der Waals surface area contributed by atoms with Crippen molar-refractivity contribution >= 4 is 45.6 Å². The van der Waals surface area contributed by atoms with Crippen LogP contribution in [0.2, 0.25) is 10.0 Å². The number of nitrogens with zero attached hydrogens (tertiary/aromatic N) is 2. The fourth-order valence-electron chi connectivity index (χ4n) is 2.06. The maximum absolute atomic E-state index is 12.0. The molecule has 1 fully saturated rings. The molecule has 7 heteroatoms. The summed E-state index contributed by atoms with van der Waals surface area (Å²) in [6, 6.07) is 5.50. The Kier molecular flexibility index (Phi) is 3.43. The summed E-state index contributed by atoms with van der Waals surface area (Å²) in [4.78, 5) is 12.0. The Balaban J connectivity index is 1.70. The lowest BCUT2D eigenvalue weighted by Crippen LogP contribution is -2.14. The Hall–Kier alpha value is -1.17. The van der Waals surface area contributed by atoms with Gasteiger partial charge in [0.15, 0.2) is 0 Å². The number of amides is 1. The first-order valence-electron chi connectivity index (χ1n) is 5.67. The van der Waals surface area contributed by atoms with Crippen molar-refractivity contribution in [2.24, 2.45) is 5.92 Å². The standard InChI is InChI=1S/C12H9Cl2N3OS/c13-9-3-1-2-6(10(9)14)7-4-8(7)11(18)16-12-17-15-5-19-12/h1-3,5,7-8H,4H2,(H,16,17,18)/t7-,8-/m0/s1. The molecule has 2 aromatic rings. The minimum atomic E-state index is -0.0696. The second-order valence-electron chi connectivity index (χ2n) is 4.32. The van der Waals surface area contributed by atoms with Crippen molar-refractivity contribution in [2.75, 3.05) is 5.32 Å². The Labute approximate surface area is 123 Å². The summed E-state index contributed by atoms with van der Waals surface area (Å²) < 4.78 is 0. The molecule has 2 atom stereocenters. The van der Waals surface area contributed by atoms with Gasteiger partial charge in [0.2, 0.25) is 11.0 Å². The van der Waals surface area contributed by atoms with Crippen molar-refractivity contribution in [1.29, 1.82) is 0 Å². The predicted octanol–water partition coefficient (Wildman–Crippen LogP) is 3.59. The van der Waals surface area contributed by atoms with Gasteiger partial charge in [0.1, 0.15) is 5.51 Å². The van der Waals surface area contributed by atoms with Crippen LogP contribution in [0.25, 0.3) is 0 Å². The van der Waals surface area contributed by atoms with Gasteiger partial charge in [-0.05, 0) is 24.0 Å². The molecule has 0 aliphatic heterocycles. The predicted molar refractivity (Wildman–Crippen MR) is 75.8 cm³/mol. The Morgan fingerprint density at radius 3 is 3.00 bits per heavy atom. The number of hydrogen-bond acceptors (Lipinski definition) is 4. The summed E-state index contributed by atoms with van der Waals surface area (Å²) in [5, 5.41) is 11.8. The highest BCUT2D eigenvalue weighted by atomic mass is 35.5. The van der Waals surface area contributed by atoms with Crippen LogP contribution in [-0.4, -0.2) is 16.1 Å². The van der Waals surface area contributed by atoms with E-state index in [-0.39, 0.29) is 17.7 Å². The Morgan fingerprint density at radius 1 is 1.42 bits per heavy atom. The van der Waals surface area contributed by atoms with Gasteiger partial charge in [0.25, 0.3) is 0 Å². The van der Waals surface area contributed by atoms with Gasteiger partial charge in [-0.15, -0.1) is 10.2 Å². The molecule has 1 saturated carbocycles. The molecule has 1 aliphatic rings. The van der Waals surface area contributed by atoms with Crippen molar-refractivity contribution < 1.29 is 4.79 Å². The molecule has 0 spiro atoms. The smallest absolute Gasteiger partial charge is 0.229 e. The SMILES string of the molecule is O=C(Nc1nncs1)[C@H]1C[C@H]1c1cccc(Cl)c1Cl. The zero-order valence-electron chi connectivity index (χ0n) is 9.64. The number of carbonyl (C=O) groups is 1. The monoisotopic (exact) mass is 313 g/mol. The van der Waals surface area contributed by atoms with Crippen molar-refractivity contribution in [3.8, 4) is 0 Å². The average molecular weight is 314 g/mol. The Bertz CT molecular complexity index is 617. The molecule has 0 saturated heterocycles. The van der Waals surface area contributed by atoms with Crippen LogP contribution in [0.15, 0.2) is 23.7 Å². The van der Waals surface area contributed by atoms with Crippen LogP contribution in [0.3, 0.4) is 0 Å². The van der Waals surface area contributed by atoms with E-state index >= 15 is 0 Å². The molecular weight excluding hydrogens is 305 g/mol. The molecule has 1 N–H and O–H groups in total. The maximum atomic E-state index is 12.0. The second kappa shape index (κ2) is 5.07. The van der Waals surface area contributed by atoms with Gasteiger partial charge in [-0.1, -0.05) is 46.7 Å². The minimum Gasteiger partial charge on any atom is -0.300 e. The van der Waals surface area contributed by atoms with Crippen LogP contribution in [0.5, 0.6) is 0 Å². The maximum Gasteiger partial charge on any atom is 0.229 e. The third kappa shape index (κ3) is 2.59. The van der Waals surface area contributed by atoms with E-state index in [9.17, 15) is 4.79 Å². The number of carbonyl (C=O) groups excluding carboxylic acids is 1. The van der Waals surface area contributed by atoms with Gasteiger partial charge < -0.3 is 5.32 Å². The van der Waals surface area contributed by atoms with E-state index in [0.29, 0.717) is 15.2 Å². The molecule has 0 radical (unpaired) electrons. The normalized spacial score (nSPS) is 21.2. The van der Waals surface area contributed by atoms with Crippen molar-refractivity contribution in [3.63, 3.8) is 0 Å². The van der Waals surface area contributed by atoms with Crippen molar-refractivity contribution in [1.82, 2.24) is 10.2 Å². The van der Waals surface area contributed by atoms with Crippen LogP contribution in [0, 0.1) is 5.92 Å². The third-order valence-corrected chi connectivity index (χ3v) is 4.54. The highest BCUT2D eigenvalue weighted by Gasteiger charge is 2.45. The number of nitrogens with one attached hydrogen (secondary N) is 1. The van der Waals surface area contributed by atoms with Crippen LogP contribution >= 0.6 is 34.5 Å². The number of aromatic nitrogens is 2. The first kappa shape index (κ1) is 12.8. The fourth-order valence-corrected chi connectivity index (χ4v) is 2.96. The van der Waals surface area contributed by atoms with E-state index in [4.69, 9.17) is 23.2 Å². The van der Waals surface area contributed by atoms with E-state index in [2.05, 4.69) is 15.5 Å². The summed E-state index contributed by atoms with van der Waals surface area (Å²) in [5.41, 5.74) is 2.51. The number of rotatable bonds is 3. The van der Waals surface area contributed by atoms with Gasteiger partial charge in [0, 0.05) is 5.92 Å². The van der Waals surface area contributed by atoms with Crippen molar-refractivity contribution in [3.05, 3.63) is 39.3 Å². The number of halogens is 2. The lowest BCUT2D eigenvalue weighted by molar-refractivity contribution is -0.117. The molecule has 3 rings (SSSR count). The second-order valence-corrected chi connectivity index (χ2v) is 5.94. The summed E-state index contributed by atoms with van der Waals surface area (Å²) >= 11 is 13.4. The first-order chi connectivity index (χ1) is 9.16. The van der Waals surface area contributed by atoms with E-state index in [1.165, 1.54) is 11.3 Å². The summed E-state index contributed by atoms with van der Waals surface area (Å²) in [6.07, 6.45) is 0.782. The van der Waals surface area contributed by atoms with Gasteiger partial charge in [-0.2, -0.15) is 0 Å². The number of anilines is 1. The highest BCUT2D eigenvalue weighted by Crippen LogP contribution is 2.51. The quantitative estimate of drug-likeness (QED) is 0.942. The van der Waals surface area contributed by atoms with E-state index in [1.807, 2.05) is 12.1 Å².